The first kappa shape index (κ1) is 18.0. The smallest absolute Gasteiger partial charge is 0.249 e. The zero-order valence-electron chi connectivity index (χ0n) is 12.8. The van der Waals surface area contributed by atoms with Crippen molar-refractivity contribution in [1.29, 1.82) is 0 Å². The number of sulfonamides is 1. The summed E-state index contributed by atoms with van der Waals surface area (Å²) >= 11 is 2.62. The largest absolute Gasteiger partial charge is 0.350 e. The molecule has 0 unspecified atom stereocenters. The van der Waals surface area contributed by atoms with E-state index in [1.54, 1.807) is 12.1 Å². The summed E-state index contributed by atoms with van der Waals surface area (Å²) in [7, 11) is -2.04. The van der Waals surface area contributed by atoms with E-state index in [2.05, 4.69) is 10.0 Å². The number of nitrogens with one attached hydrogen (secondary N) is 2. The fourth-order valence-electron chi connectivity index (χ4n) is 1.72. The molecule has 1 aromatic heterocycles. The van der Waals surface area contributed by atoms with E-state index in [9.17, 15) is 13.2 Å². The summed E-state index contributed by atoms with van der Waals surface area (Å²) in [5.74, 6) is 0.248. The van der Waals surface area contributed by atoms with Gasteiger partial charge >= 0.3 is 0 Å². The highest BCUT2D eigenvalue weighted by Gasteiger charge is 2.14. The molecule has 0 aliphatic rings. The summed E-state index contributed by atoms with van der Waals surface area (Å²) in [6.45, 7) is 2.35. The minimum absolute atomic E-state index is 0.0815. The molecule has 8 heteroatoms. The summed E-state index contributed by atoms with van der Waals surface area (Å²) in [5.41, 5.74) is 1.18. The molecule has 0 spiro atoms. The van der Waals surface area contributed by atoms with Crippen LogP contribution in [0.15, 0.2) is 45.5 Å². The molecule has 1 amide bonds. The van der Waals surface area contributed by atoms with Crippen LogP contribution < -0.4 is 10.0 Å². The number of carbonyl (C=O) groups excluding carboxylic acids is 1. The van der Waals surface area contributed by atoms with Crippen molar-refractivity contribution >= 4 is 39.0 Å². The lowest BCUT2D eigenvalue weighted by atomic mass is 10.2. The lowest BCUT2D eigenvalue weighted by Crippen LogP contribution is -2.24. The van der Waals surface area contributed by atoms with Gasteiger partial charge in [-0.15, -0.1) is 23.1 Å². The van der Waals surface area contributed by atoms with Gasteiger partial charge in [0.1, 0.15) is 4.21 Å². The third kappa shape index (κ3) is 5.35. The van der Waals surface area contributed by atoms with Crippen molar-refractivity contribution in [2.24, 2.45) is 0 Å². The second-order valence-corrected chi connectivity index (χ2v) is 9.14. The van der Waals surface area contributed by atoms with Crippen LogP contribution in [0.5, 0.6) is 0 Å². The molecule has 0 saturated carbocycles. The molecule has 0 saturated heterocycles. The average Bonchev–Trinajstić information content (AvgIpc) is 3.02. The molecule has 1 heterocycles. The Hall–Kier alpha value is -1.35. The maximum Gasteiger partial charge on any atom is 0.249 e. The number of hydrogen-bond acceptors (Lipinski definition) is 5. The molecule has 0 atom stereocenters. The number of rotatable bonds is 7. The molecule has 0 bridgehead atoms. The van der Waals surface area contributed by atoms with Gasteiger partial charge in [-0.05, 0) is 38.2 Å². The standard InChI is InChI=1S/C15H18N2O3S3/c1-11-3-5-12(6-4-11)21-10-14(18)17-9-13-7-8-15(22-13)23(19,20)16-2/h3-8,16H,9-10H2,1-2H3,(H,17,18). The third-order valence-electron chi connectivity index (χ3n) is 3.02. The molecule has 0 aliphatic heterocycles. The lowest BCUT2D eigenvalue weighted by Gasteiger charge is -2.04. The Bertz CT molecular complexity index is 768. The van der Waals surface area contributed by atoms with E-state index in [0.29, 0.717) is 12.3 Å². The van der Waals surface area contributed by atoms with E-state index in [1.807, 2.05) is 31.2 Å². The molecule has 1 aromatic carbocycles. The normalized spacial score (nSPS) is 11.4. The summed E-state index contributed by atoms with van der Waals surface area (Å²) < 4.78 is 25.8. The van der Waals surface area contributed by atoms with Crippen LogP contribution in [0.2, 0.25) is 0 Å². The minimum atomic E-state index is -3.41. The Kier molecular flexibility index (Phi) is 6.23. The van der Waals surface area contributed by atoms with Crippen LogP contribution in [-0.4, -0.2) is 27.1 Å². The topological polar surface area (TPSA) is 75.3 Å². The molecule has 2 aromatic rings. The Balaban J connectivity index is 1.81. The van der Waals surface area contributed by atoms with Crippen molar-refractivity contribution in [2.45, 2.75) is 22.6 Å². The monoisotopic (exact) mass is 370 g/mol. The molecular formula is C15H18N2O3S3. The predicted molar refractivity (Wildman–Crippen MR) is 94.3 cm³/mol. The first-order chi connectivity index (χ1) is 10.9. The molecule has 23 heavy (non-hydrogen) atoms. The first-order valence-corrected chi connectivity index (χ1v) is 10.2. The Morgan fingerprint density at radius 3 is 2.52 bits per heavy atom. The number of benzene rings is 1. The van der Waals surface area contributed by atoms with Crippen LogP contribution in [0.1, 0.15) is 10.4 Å². The van der Waals surface area contributed by atoms with Crippen molar-refractivity contribution in [3.05, 3.63) is 46.8 Å². The Labute approximate surface area is 144 Å². The van der Waals surface area contributed by atoms with Crippen LogP contribution in [0.3, 0.4) is 0 Å². The van der Waals surface area contributed by atoms with Crippen molar-refractivity contribution in [1.82, 2.24) is 10.0 Å². The van der Waals surface area contributed by atoms with E-state index < -0.39 is 10.0 Å². The predicted octanol–water partition coefficient (Wildman–Crippen LogP) is 2.37. The summed E-state index contributed by atoms with van der Waals surface area (Å²) in [4.78, 5) is 13.7. The molecular weight excluding hydrogens is 352 g/mol. The molecule has 124 valence electrons. The summed E-state index contributed by atoms with van der Waals surface area (Å²) in [6, 6.07) is 11.2. The average molecular weight is 371 g/mol. The number of hydrogen-bond donors (Lipinski definition) is 2. The fraction of sp³-hybridized carbons (Fsp3) is 0.267. The molecule has 0 radical (unpaired) electrons. The maximum atomic E-state index is 11.9. The van der Waals surface area contributed by atoms with Crippen LogP contribution in [0, 0.1) is 6.92 Å². The van der Waals surface area contributed by atoms with Crippen molar-refractivity contribution in [3.8, 4) is 0 Å². The van der Waals surface area contributed by atoms with Crippen LogP contribution in [0.25, 0.3) is 0 Å². The van der Waals surface area contributed by atoms with E-state index in [-0.39, 0.29) is 10.1 Å². The van der Waals surface area contributed by atoms with E-state index in [1.165, 1.54) is 24.4 Å². The van der Waals surface area contributed by atoms with Gasteiger partial charge in [-0.3, -0.25) is 4.79 Å². The van der Waals surface area contributed by atoms with E-state index in [0.717, 1.165) is 21.1 Å². The Morgan fingerprint density at radius 2 is 1.87 bits per heavy atom. The van der Waals surface area contributed by atoms with Crippen molar-refractivity contribution < 1.29 is 13.2 Å². The first-order valence-electron chi connectivity index (χ1n) is 6.89. The molecule has 5 nitrogen and oxygen atoms in total. The molecule has 2 rings (SSSR count). The van der Waals surface area contributed by atoms with Gasteiger partial charge < -0.3 is 5.32 Å². The zero-order valence-corrected chi connectivity index (χ0v) is 15.3. The van der Waals surface area contributed by atoms with Crippen LogP contribution in [0.4, 0.5) is 0 Å². The number of thioether (sulfide) groups is 1. The number of carbonyl (C=O) groups is 1. The SMILES string of the molecule is CNS(=O)(=O)c1ccc(CNC(=O)CSc2ccc(C)cc2)s1. The number of thiophene rings is 1. The van der Waals surface area contributed by atoms with Crippen LogP contribution >= 0.6 is 23.1 Å². The van der Waals surface area contributed by atoms with Crippen molar-refractivity contribution in [2.75, 3.05) is 12.8 Å². The zero-order chi connectivity index (χ0) is 16.9. The van der Waals surface area contributed by atoms with Gasteiger partial charge in [-0.25, -0.2) is 13.1 Å². The highest BCUT2D eigenvalue weighted by molar-refractivity contribution is 8.00. The van der Waals surface area contributed by atoms with Gasteiger partial charge in [0.2, 0.25) is 15.9 Å². The maximum absolute atomic E-state index is 11.9. The van der Waals surface area contributed by atoms with Gasteiger partial charge in [0.15, 0.2) is 0 Å². The Morgan fingerprint density at radius 1 is 1.17 bits per heavy atom. The van der Waals surface area contributed by atoms with Gasteiger partial charge in [0.05, 0.1) is 12.3 Å². The number of aryl methyl sites for hydroxylation is 1. The van der Waals surface area contributed by atoms with E-state index in [4.69, 9.17) is 0 Å². The second-order valence-electron chi connectivity index (χ2n) is 4.81. The van der Waals surface area contributed by atoms with Crippen molar-refractivity contribution in [3.63, 3.8) is 0 Å². The highest BCUT2D eigenvalue weighted by atomic mass is 32.2. The highest BCUT2D eigenvalue weighted by Crippen LogP contribution is 2.21. The molecule has 2 N–H and O–H groups in total. The third-order valence-corrected chi connectivity index (χ3v) is 7.02. The summed E-state index contributed by atoms with van der Waals surface area (Å²) in [5, 5.41) is 2.80. The van der Waals surface area contributed by atoms with Gasteiger partial charge in [0, 0.05) is 9.77 Å². The number of amides is 1. The molecule has 0 fully saturated rings. The summed E-state index contributed by atoms with van der Waals surface area (Å²) in [6.07, 6.45) is 0. The molecule has 0 aliphatic carbocycles. The van der Waals surface area contributed by atoms with Gasteiger partial charge in [-0.1, -0.05) is 17.7 Å². The van der Waals surface area contributed by atoms with Crippen LogP contribution in [-0.2, 0) is 21.4 Å². The van der Waals surface area contributed by atoms with Gasteiger partial charge in [-0.2, -0.15) is 0 Å². The lowest BCUT2D eigenvalue weighted by molar-refractivity contribution is -0.118. The van der Waals surface area contributed by atoms with E-state index >= 15 is 0 Å². The van der Waals surface area contributed by atoms with Gasteiger partial charge in [0.25, 0.3) is 0 Å². The minimum Gasteiger partial charge on any atom is -0.350 e. The quantitative estimate of drug-likeness (QED) is 0.734. The fourth-order valence-corrected chi connectivity index (χ4v) is 4.58. The second kappa shape index (κ2) is 7.96.